The molecule has 0 heterocycles. The van der Waals surface area contributed by atoms with Crippen molar-refractivity contribution in [3.8, 4) is 5.75 Å². The van der Waals surface area contributed by atoms with E-state index < -0.39 is 0 Å². The lowest BCUT2D eigenvalue weighted by atomic mass is 9.93. The van der Waals surface area contributed by atoms with Gasteiger partial charge in [-0.3, -0.25) is 4.79 Å². The second kappa shape index (κ2) is 6.43. The summed E-state index contributed by atoms with van der Waals surface area (Å²) in [6, 6.07) is 16.8. The zero-order valence-corrected chi connectivity index (χ0v) is 11.6. The fourth-order valence-corrected chi connectivity index (χ4v) is 2.54. The highest BCUT2D eigenvalue weighted by molar-refractivity contribution is 8.13. The minimum Gasteiger partial charge on any atom is -0.508 e. The summed E-state index contributed by atoms with van der Waals surface area (Å²) >= 11 is 1.26. The molecule has 0 aromatic heterocycles. The Morgan fingerprint density at radius 2 is 1.74 bits per heavy atom. The van der Waals surface area contributed by atoms with E-state index in [4.69, 9.17) is 0 Å². The number of hydrogen-bond donors (Lipinski definition) is 1. The van der Waals surface area contributed by atoms with Crippen LogP contribution < -0.4 is 0 Å². The molecular formula is C16H16O2S. The molecule has 0 spiro atoms. The molecule has 1 N–H and O–H groups in total. The van der Waals surface area contributed by atoms with Crippen molar-refractivity contribution >= 4 is 16.9 Å². The molecule has 0 saturated carbocycles. The number of aromatic hydroxyl groups is 1. The van der Waals surface area contributed by atoms with Gasteiger partial charge >= 0.3 is 0 Å². The number of benzene rings is 2. The Morgan fingerprint density at radius 3 is 2.32 bits per heavy atom. The molecule has 0 aliphatic heterocycles. The number of rotatable bonds is 4. The smallest absolute Gasteiger partial charge is 0.196 e. The molecule has 1 unspecified atom stereocenters. The van der Waals surface area contributed by atoms with Crippen molar-refractivity contribution in [2.24, 2.45) is 0 Å². The zero-order valence-electron chi connectivity index (χ0n) is 10.7. The molecule has 0 saturated heterocycles. The van der Waals surface area contributed by atoms with E-state index >= 15 is 0 Å². The summed E-state index contributed by atoms with van der Waals surface area (Å²) in [5.74, 6) is 0.108. The van der Waals surface area contributed by atoms with Gasteiger partial charge in [0.15, 0.2) is 5.12 Å². The summed E-state index contributed by atoms with van der Waals surface area (Å²) in [5.41, 5.74) is 2.09. The van der Waals surface area contributed by atoms with Crippen molar-refractivity contribution in [3.05, 3.63) is 65.7 Å². The van der Waals surface area contributed by atoms with E-state index in [0.29, 0.717) is 6.42 Å². The van der Waals surface area contributed by atoms with E-state index in [2.05, 4.69) is 0 Å². The Kier molecular flexibility index (Phi) is 4.63. The molecule has 0 aliphatic carbocycles. The maximum Gasteiger partial charge on any atom is 0.196 e. The second-order valence-electron chi connectivity index (χ2n) is 4.36. The van der Waals surface area contributed by atoms with Crippen LogP contribution in [0.4, 0.5) is 0 Å². The number of phenols is 1. The molecule has 0 radical (unpaired) electrons. The second-order valence-corrected chi connectivity index (χ2v) is 5.17. The SMILES string of the molecule is CSC(=O)C(Cc1ccc(O)cc1)c1ccccc1. The molecule has 19 heavy (non-hydrogen) atoms. The van der Waals surface area contributed by atoms with Crippen molar-refractivity contribution in [3.63, 3.8) is 0 Å². The van der Waals surface area contributed by atoms with E-state index in [1.165, 1.54) is 11.8 Å². The zero-order chi connectivity index (χ0) is 13.7. The Balaban J connectivity index is 2.24. The standard InChI is InChI=1S/C16H16O2S/c1-19-16(18)15(13-5-3-2-4-6-13)11-12-7-9-14(17)10-8-12/h2-10,15,17H,11H2,1H3. The van der Waals surface area contributed by atoms with Crippen LogP contribution in [0.15, 0.2) is 54.6 Å². The molecule has 0 aliphatic rings. The maximum absolute atomic E-state index is 12.1. The number of phenolic OH excluding ortho intramolecular Hbond substituents is 1. The van der Waals surface area contributed by atoms with Gasteiger partial charge in [-0.25, -0.2) is 0 Å². The van der Waals surface area contributed by atoms with Gasteiger partial charge in [0.25, 0.3) is 0 Å². The Bertz CT molecular complexity index is 534. The third-order valence-corrected chi connectivity index (χ3v) is 3.75. The predicted molar refractivity (Wildman–Crippen MR) is 79.5 cm³/mol. The average molecular weight is 272 g/mol. The first-order chi connectivity index (χ1) is 9.20. The summed E-state index contributed by atoms with van der Waals surface area (Å²) in [7, 11) is 0. The van der Waals surface area contributed by atoms with E-state index in [0.717, 1.165) is 11.1 Å². The van der Waals surface area contributed by atoms with Crippen LogP contribution in [0.3, 0.4) is 0 Å². The number of hydrogen-bond acceptors (Lipinski definition) is 3. The molecule has 0 amide bonds. The highest BCUT2D eigenvalue weighted by atomic mass is 32.2. The van der Waals surface area contributed by atoms with Crippen molar-refractivity contribution in [2.75, 3.05) is 6.26 Å². The molecule has 0 bridgehead atoms. The van der Waals surface area contributed by atoms with Crippen molar-refractivity contribution in [1.82, 2.24) is 0 Å². The summed E-state index contributed by atoms with van der Waals surface area (Å²) < 4.78 is 0. The molecular weight excluding hydrogens is 256 g/mol. The third kappa shape index (κ3) is 3.61. The number of thioether (sulfide) groups is 1. The first-order valence-corrected chi connectivity index (χ1v) is 7.34. The van der Waals surface area contributed by atoms with E-state index in [9.17, 15) is 9.90 Å². The van der Waals surface area contributed by atoms with Crippen LogP contribution in [-0.2, 0) is 11.2 Å². The quantitative estimate of drug-likeness (QED) is 0.924. The summed E-state index contributed by atoms with van der Waals surface area (Å²) in [6.45, 7) is 0. The van der Waals surface area contributed by atoms with Gasteiger partial charge in [-0.1, -0.05) is 54.2 Å². The monoisotopic (exact) mass is 272 g/mol. The number of carbonyl (C=O) groups is 1. The van der Waals surface area contributed by atoms with Gasteiger partial charge in [-0.15, -0.1) is 0 Å². The maximum atomic E-state index is 12.1. The molecule has 3 heteroatoms. The van der Waals surface area contributed by atoms with Gasteiger partial charge in [-0.2, -0.15) is 0 Å². The minimum absolute atomic E-state index is 0.138. The normalized spacial score (nSPS) is 12.1. The summed E-state index contributed by atoms with van der Waals surface area (Å²) in [5, 5.41) is 9.46. The predicted octanol–water partition coefficient (Wildman–Crippen LogP) is 3.61. The van der Waals surface area contributed by atoms with Gasteiger partial charge in [0.05, 0.1) is 5.92 Å². The topological polar surface area (TPSA) is 37.3 Å². The van der Waals surface area contributed by atoms with Crippen LogP contribution in [0.1, 0.15) is 17.0 Å². The first kappa shape index (κ1) is 13.7. The fraction of sp³-hybridized carbons (Fsp3) is 0.188. The van der Waals surface area contributed by atoms with Crippen molar-refractivity contribution in [2.45, 2.75) is 12.3 Å². The highest BCUT2D eigenvalue weighted by Gasteiger charge is 2.20. The van der Waals surface area contributed by atoms with Gasteiger partial charge in [-0.05, 0) is 35.9 Å². The van der Waals surface area contributed by atoms with Crippen LogP contribution in [-0.4, -0.2) is 16.5 Å². The van der Waals surface area contributed by atoms with Gasteiger partial charge in [0.2, 0.25) is 0 Å². The minimum atomic E-state index is -0.138. The lowest BCUT2D eigenvalue weighted by molar-refractivity contribution is -0.112. The molecule has 2 aromatic rings. The molecule has 1 atom stereocenters. The van der Waals surface area contributed by atoms with Gasteiger partial charge in [0.1, 0.15) is 5.75 Å². The van der Waals surface area contributed by atoms with Crippen LogP contribution in [0, 0.1) is 0 Å². The largest absolute Gasteiger partial charge is 0.508 e. The first-order valence-electron chi connectivity index (χ1n) is 6.11. The van der Waals surface area contributed by atoms with Gasteiger partial charge < -0.3 is 5.11 Å². The van der Waals surface area contributed by atoms with Gasteiger partial charge in [0, 0.05) is 0 Å². The van der Waals surface area contributed by atoms with Crippen LogP contribution in [0.2, 0.25) is 0 Å². The molecule has 0 fully saturated rings. The summed E-state index contributed by atoms with van der Waals surface area (Å²) in [4.78, 5) is 12.1. The Morgan fingerprint density at radius 1 is 1.11 bits per heavy atom. The Labute approximate surface area is 117 Å². The van der Waals surface area contributed by atoms with Crippen LogP contribution in [0.25, 0.3) is 0 Å². The molecule has 2 rings (SSSR count). The lowest BCUT2D eigenvalue weighted by Crippen LogP contribution is -2.11. The van der Waals surface area contributed by atoms with Crippen LogP contribution in [0.5, 0.6) is 5.75 Å². The van der Waals surface area contributed by atoms with E-state index in [1.807, 2.05) is 48.7 Å². The van der Waals surface area contributed by atoms with Crippen molar-refractivity contribution in [1.29, 1.82) is 0 Å². The third-order valence-electron chi connectivity index (χ3n) is 3.06. The molecule has 98 valence electrons. The highest BCUT2D eigenvalue weighted by Crippen LogP contribution is 2.26. The molecule has 2 nitrogen and oxygen atoms in total. The summed E-state index contributed by atoms with van der Waals surface area (Å²) in [6.07, 6.45) is 2.47. The lowest BCUT2D eigenvalue weighted by Gasteiger charge is -2.15. The van der Waals surface area contributed by atoms with E-state index in [-0.39, 0.29) is 16.8 Å². The number of carbonyl (C=O) groups excluding carboxylic acids is 1. The fourth-order valence-electron chi connectivity index (χ4n) is 2.03. The van der Waals surface area contributed by atoms with E-state index in [1.54, 1.807) is 12.1 Å². The molecule has 2 aromatic carbocycles. The Hall–Kier alpha value is -1.74. The van der Waals surface area contributed by atoms with Crippen molar-refractivity contribution < 1.29 is 9.90 Å². The van der Waals surface area contributed by atoms with Crippen LogP contribution >= 0.6 is 11.8 Å². The average Bonchev–Trinajstić information content (AvgIpc) is 2.47.